The summed E-state index contributed by atoms with van der Waals surface area (Å²) in [5, 5.41) is 0. The van der Waals surface area contributed by atoms with Gasteiger partial charge in [0.15, 0.2) is 11.9 Å². The molecule has 4 rings (SSSR count). The topological polar surface area (TPSA) is 70.4 Å². The van der Waals surface area contributed by atoms with Crippen molar-refractivity contribution >= 4 is 5.78 Å². The fraction of sp³-hybridized carbons (Fsp3) is 0.312. The van der Waals surface area contributed by atoms with Crippen LogP contribution in [-0.4, -0.2) is 28.0 Å². The van der Waals surface area contributed by atoms with Crippen LogP contribution < -0.4 is 15.0 Å². The van der Waals surface area contributed by atoms with Crippen LogP contribution in [0.5, 0.6) is 11.8 Å². The fourth-order valence-electron chi connectivity index (χ4n) is 2.83. The Hall–Kier alpha value is -2.63. The van der Waals surface area contributed by atoms with Crippen LogP contribution in [-0.2, 0) is 13.0 Å². The molecule has 2 heterocycles. The van der Waals surface area contributed by atoms with Gasteiger partial charge in [-0.3, -0.25) is 14.2 Å². The summed E-state index contributed by atoms with van der Waals surface area (Å²) in [5.41, 5.74) is 1.54. The lowest BCUT2D eigenvalue weighted by Gasteiger charge is -2.11. The van der Waals surface area contributed by atoms with Crippen molar-refractivity contribution in [2.75, 3.05) is 6.61 Å². The fourth-order valence-corrected chi connectivity index (χ4v) is 2.83. The lowest BCUT2D eigenvalue weighted by molar-refractivity contribution is 0.0994. The highest BCUT2D eigenvalue weighted by Crippen LogP contribution is 2.26. The number of benzene rings is 1. The molecule has 0 bridgehead atoms. The number of carbonyl (C=O) groups excluding carboxylic acids is 1. The second-order valence-corrected chi connectivity index (χ2v) is 5.49. The molecule has 22 heavy (non-hydrogen) atoms. The molecule has 0 fully saturated rings. The van der Waals surface area contributed by atoms with Gasteiger partial charge in [0.25, 0.3) is 11.6 Å². The predicted octanol–water partition coefficient (Wildman–Crippen LogP) is 1.21. The van der Waals surface area contributed by atoms with Gasteiger partial charge in [0.2, 0.25) is 0 Å². The van der Waals surface area contributed by atoms with Crippen molar-refractivity contribution in [1.29, 1.82) is 0 Å². The molecule has 0 N–H and O–H groups in total. The lowest BCUT2D eigenvalue weighted by atomic mass is 10.1. The first-order chi connectivity index (χ1) is 10.7. The molecule has 1 aliphatic carbocycles. The van der Waals surface area contributed by atoms with Crippen LogP contribution in [0.1, 0.15) is 22.3 Å². The standard InChI is InChI=1S/C16H14N2O4/c19-14-4-2-10-1-3-11(7-13(10)14)21-9-12-8-18-6-5-15(20)17-16(18)22-12/h1,3,5-7,12H,2,4,8-9H2/t12-/m0/s1. The molecule has 6 heteroatoms. The lowest BCUT2D eigenvalue weighted by Crippen LogP contribution is -2.23. The number of rotatable bonds is 3. The molecule has 0 unspecified atom stereocenters. The Bertz CT molecular complexity index is 812. The van der Waals surface area contributed by atoms with E-state index in [-0.39, 0.29) is 17.4 Å². The van der Waals surface area contributed by atoms with E-state index in [0.29, 0.717) is 31.3 Å². The summed E-state index contributed by atoms with van der Waals surface area (Å²) in [6.07, 6.45) is 2.87. The van der Waals surface area contributed by atoms with Gasteiger partial charge in [-0.2, -0.15) is 4.98 Å². The zero-order chi connectivity index (χ0) is 15.1. The van der Waals surface area contributed by atoms with Crippen molar-refractivity contribution in [3.63, 3.8) is 0 Å². The third-order valence-electron chi connectivity index (χ3n) is 3.96. The zero-order valence-electron chi connectivity index (χ0n) is 11.8. The summed E-state index contributed by atoms with van der Waals surface area (Å²) in [5.74, 6) is 0.837. The smallest absolute Gasteiger partial charge is 0.300 e. The summed E-state index contributed by atoms with van der Waals surface area (Å²) < 4.78 is 13.1. The van der Waals surface area contributed by atoms with Crippen molar-refractivity contribution in [1.82, 2.24) is 9.55 Å². The Morgan fingerprint density at radius 3 is 3.09 bits per heavy atom. The number of Topliss-reactive ketones (excluding diaryl/α,β-unsaturated/α-hetero) is 1. The molecule has 1 atom stereocenters. The van der Waals surface area contributed by atoms with Crippen molar-refractivity contribution in [2.24, 2.45) is 0 Å². The van der Waals surface area contributed by atoms with Gasteiger partial charge in [-0.25, -0.2) is 0 Å². The van der Waals surface area contributed by atoms with Crippen LogP contribution in [0, 0.1) is 0 Å². The first-order valence-corrected chi connectivity index (χ1v) is 7.22. The molecule has 1 aliphatic heterocycles. The predicted molar refractivity (Wildman–Crippen MR) is 77.5 cm³/mol. The maximum atomic E-state index is 11.7. The Balaban J connectivity index is 1.43. The third kappa shape index (κ3) is 2.26. The number of ketones is 1. The highest BCUT2D eigenvalue weighted by Gasteiger charge is 2.24. The number of carbonyl (C=O) groups is 1. The number of hydrogen-bond donors (Lipinski definition) is 0. The molecular weight excluding hydrogens is 284 g/mol. The number of hydrogen-bond acceptors (Lipinski definition) is 5. The van der Waals surface area contributed by atoms with E-state index in [4.69, 9.17) is 9.47 Å². The maximum absolute atomic E-state index is 11.7. The first-order valence-electron chi connectivity index (χ1n) is 7.22. The van der Waals surface area contributed by atoms with Gasteiger partial charge in [-0.1, -0.05) is 6.07 Å². The molecule has 1 aromatic carbocycles. The minimum Gasteiger partial charge on any atom is -0.490 e. The van der Waals surface area contributed by atoms with E-state index in [0.717, 1.165) is 17.5 Å². The molecule has 2 aliphatic rings. The van der Waals surface area contributed by atoms with Gasteiger partial charge in [0, 0.05) is 24.2 Å². The summed E-state index contributed by atoms with van der Waals surface area (Å²) in [6.45, 7) is 0.928. The van der Waals surface area contributed by atoms with Gasteiger partial charge in [0.1, 0.15) is 12.4 Å². The number of aromatic nitrogens is 2. The van der Waals surface area contributed by atoms with E-state index < -0.39 is 0 Å². The third-order valence-corrected chi connectivity index (χ3v) is 3.96. The quantitative estimate of drug-likeness (QED) is 0.852. The number of nitrogens with zero attached hydrogens (tertiary/aromatic N) is 2. The van der Waals surface area contributed by atoms with E-state index in [1.807, 2.05) is 12.1 Å². The van der Waals surface area contributed by atoms with Crippen LogP contribution in [0.15, 0.2) is 35.3 Å². The molecule has 6 nitrogen and oxygen atoms in total. The van der Waals surface area contributed by atoms with E-state index in [2.05, 4.69) is 4.98 Å². The zero-order valence-corrected chi connectivity index (χ0v) is 11.8. The maximum Gasteiger partial charge on any atom is 0.300 e. The van der Waals surface area contributed by atoms with E-state index in [1.165, 1.54) is 6.07 Å². The molecule has 0 amide bonds. The van der Waals surface area contributed by atoms with Gasteiger partial charge in [-0.05, 0) is 24.1 Å². The van der Waals surface area contributed by atoms with Gasteiger partial charge < -0.3 is 9.47 Å². The summed E-state index contributed by atoms with van der Waals surface area (Å²) >= 11 is 0. The Morgan fingerprint density at radius 1 is 1.27 bits per heavy atom. The van der Waals surface area contributed by atoms with Crippen LogP contribution in [0.4, 0.5) is 0 Å². The van der Waals surface area contributed by atoms with E-state index in [1.54, 1.807) is 16.8 Å². The van der Waals surface area contributed by atoms with Gasteiger partial charge in [-0.15, -0.1) is 0 Å². The molecule has 112 valence electrons. The molecule has 0 saturated heterocycles. The molecule has 2 aromatic rings. The monoisotopic (exact) mass is 298 g/mol. The van der Waals surface area contributed by atoms with E-state index in [9.17, 15) is 9.59 Å². The molecule has 1 aromatic heterocycles. The van der Waals surface area contributed by atoms with Crippen molar-refractivity contribution < 1.29 is 14.3 Å². The minimum absolute atomic E-state index is 0.174. The van der Waals surface area contributed by atoms with E-state index >= 15 is 0 Å². The number of ether oxygens (including phenoxy) is 2. The van der Waals surface area contributed by atoms with Crippen molar-refractivity contribution in [3.8, 4) is 11.8 Å². The second kappa shape index (κ2) is 4.98. The highest BCUT2D eigenvalue weighted by molar-refractivity contribution is 6.00. The SMILES string of the molecule is O=C1CCc2ccc(OC[C@@H]3Cn4ccc(=O)nc4O3)cc21. The van der Waals surface area contributed by atoms with Gasteiger partial charge in [0.05, 0.1) is 6.54 Å². The second-order valence-electron chi connectivity index (χ2n) is 5.49. The molecule has 0 spiro atoms. The van der Waals surface area contributed by atoms with Crippen LogP contribution in [0.2, 0.25) is 0 Å². The average molecular weight is 298 g/mol. The summed E-state index contributed by atoms with van der Waals surface area (Å²) in [6, 6.07) is 7.35. The molecule has 0 saturated carbocycles. The highest BCUT2D eigenvalue weighted by atomic mass is 16.6. The van der Waals surface area contributed by atoms with Crippen molar-refractivity contribution in [2.45, 2.75) is 25.5 Å². The van der Waals surface area contributed by atoms with Crippen molar-refractivity contribution in [3.05, 3.63) is 51.9 Å². The number of aryl methyl sites for hydroxylation is 1. The Morgan fingerprint density at radius 2 is 2.18 bits per heavy atom. The van der Waals surface area contributed by atoms with Crippen LogP contribution in [0.3, 0.4) is 0 Å². The summed E-state index contributed by atoms with van der Waals surface area (Å²) in [7, 11) is 0. The Labute approximate surface area is 126 Å². The normalized spacial score (nSPS) is 18.7. The number of fused-ring (bicyclic) bond motifs is 2. The molecular formula is C16H14N2O4. The molecule has 0 radical (unpaired) electrons. The van der Waals surface area contributed by atoms with Crippen LogP contribution >= 0.6 is 0 Å². The minimum atomic E-state index is -0.315. The largest absolute Gasteiger partial charge is 0.490 e. The van der Waals surface area contributed by atoms with Crippen LogP contribution in [0.25, 0.3) is 0 Å². The first kappa shape index (κ1) is 13.1. The summed E-state index contributed by atoms with van der Waals surface area (Å²) in [4.78, 5) is 26.7. The van der Waals surface area contributed by atoms with Gasteiger partial charge >= 0.3 is 0 Å². The Kier molecular flexibility index (Phi) is 2.96. The average Bonchev–Trinajstić information content (AvgIpc) is 3.08.